The normalized spacial score (nSPS) is 19.1. The molecule has 2 N–H and O–H groups in total. The van der Waals surface area contributed by atoms with E-state index in [-0.39, 0.29) is 18.1 Å². The molecule has 7 nitrogen and oxygen atoms in total. The van der Waals surface area contributed by atoms with Crippen molar-refractivity contribution in [2.45, 2.75) is 83.3 Å². The number of benzene rings is 1. The summed E-state index contributed by atoms with van der Waals surface area (Å²) in [6, 6.07) is 10.4. The fourth-order valence-corrected chi connectivity index (χ4v) is 4.59. The molecule has 30 heavy (non-hydrogen) atoms. The maximum Gasteiger partial charge on any atom is 0.222 e. The third-order valence-corrected chi connectivity index (χ3v) is 6.16. The number of tetrazole rings is 1. The fourth-order valence-electron chi connectivity index (χ4n) is 4.59. The van der Waals surface area contributed by atoms with Gasteiger partial charge in [0.1, 0.15) is 0 Å². The Hall–Kier alpha value is -2.28. The Kier molecular flexibility index (Phi) is 8.81. The van der Waals surface area contributed by atoms with E-state index >= 15 is 0 Å². The number of likely N-dealkylation sites (tertiary alicyclic amines) is 1. The van der Waals surface area contributed by atoms with E-state index in [0.29, 0.717) is 18.8 Å². The van der Waals surface area contributed by atoms with E-state index in [0.717, 1.165) is 69.3 Å². The number of unbranched alkanes of at least 4 members (excludes halogenated alkanes) is 3. The zero-order valence-corrected chi connectivity index (χ0v) is 18.0. The molecule has 1 fully saturated rings. The molecule has 3 atom stereocenters. The van der Waals surface area contributed by atoms with Gasteiger partial charge in [-0.3, -0.25) is 4.79 Å². The number of aliphatic hydroxyl groups is 1. The lowest BCUT2D eigenvalue weighted by Crippen LogP contribution is -2.48. The van der Waals surface area contributed by atoms with Gasteiger partial charge in [0.25, 0.3) is 0 Å². The molecule has 1 aliphatic heterocycles. The van der Waals surface area contributed by atoms with Crippen LogP contribution in [0.2, 0.25) is 0 Å². The maximum atomic E-state index is 12.6. The topological polar surface area (TPSA) is 95.0 Å². The van der Waals surface area contributed by atoms with Crippen LogP contribution in [0.4, 0.5) is 0 Å². The summed E-state index contributed by atoms with van der Waals surface area (Å²) in [6.07, 6.45) is 8.81. The molecule has 1 unspecified atom stereocenters. The van der Waals surface area contributed by atoms with Crippen LogP contribution in [0.1, 0.15) is 69.7 Å². The van der Waals surface area contributed by atoms with Crippen molar-refractivity contribution < 1.29 is 9.90 Å². The Balaban J connectivity index is 1.41. The molecule has 7 heteroatoms. The van der Waals surface area contributed by atoms with E-state index in [1.54, 1.807) is 0 Å². The van der Waals surface area contributed by atoms with Gasteiger partial charge in [0.15, 0.2) is 5.82 Å². The Morgan fingerprint density at radius 1 is 1.20 bits per heavy atom. The predicted octanol–water partition coefficient (Wildman–Crippen LogP) is 3.31. The minimum atomic E-state index is -0.369. The smallest absolute Gasteiger partial charge is 0.222 e. The van der Waals surface area contributed by atoms with Crippen molar-refractivity contribution in [3.05, 3.63) is 41.7 Å². The minimum absolute atomic E-state index is 0.246. The van der Waals surface area contributed by atoms with Crippen LogP contribution in [0.3, 0.4) is 0 Å². The van der Waals surface area contributed by atoms with Crippen LogP contribution in [0, 0.1) is 5.92 Å². The van der Waals surface area contributed by atoms with Gasteiger partial charge in [0, 0.05) is 25.4 Å². The van der Waals surface area contributed by atoms with Crippen molar-refractivity contribution in [2.75, 3.05) is 6.54 Å². The number of carbonyl (C=O) groups excluding carboxylic acids is 1. The van der Waals surface area contributed by atoms with Crippen molar-refractivity contribution >= 4 is 5.91 Å². The molecule has 1 aliphatic rings. The molecule has 1 saturated heterocycles. The third kappa shape index (κ3) is 6.90. The summed E-state index contributed by atoms with van der Waals surface area (Å²) in [4.78, 5) is 14.7. The lowest BCUT2D eigenvalue weighted by molar-refractivity contribution is -0.138. The van der Waals surface area contributed by atoms with Gasteiger partial charge in [0.05, 0.1) is 6.10 Å². The van der Waals surface area contributed by atoms with Crippen molar-refractivity contribution in [1.29, 1.82) is 0 Å². The van der Waals surface area contributed by atoms with Gasteiger partial charge in [-0.25, -0.2) is 0 Å². The number of aromatic amines is 1. The maximum absolute atomic E-state index is 12.6. The molecular weight excluding hydrogens is 378 g/mol. The van der Waals surface area contributed by atoms with Crippen LogP contribution in [0.25, 0.3) is 0 Å². The van der Waals surface area contributed by atoms with Crippen LogP contribution >= 0.6 is 0 Å². The Labute approximate surface area is 179 Å². The molecule has 2 heterocycles. The second kappa shape index (κ2) is 11.8. The Bertz CT molecular complexity index is 737. The lowest BCUT2D eigenvalue weighted by atomic mass is 9.86. The molecule has 0 bridgehead atoms. The number of amides is 1. The predicted molar refractivity (Wildman–Crippen MR) is 116 cm³/mol. The van der Waals surface area contributed by atoms with E-state index < -0.39 is 0 Å². The highest BCUT2D eigenvalue weighted by atomic mass is 16.3. The lowest BCUT2D eigenvalue weighted by Gasteiger charge is -2.40. The van der Waals surface area contributed by atoms with Crippen LogP contribution in [-0.2, 0) is 17.6 Å². The molecule has 3 rings (SSSR count). The SMILES string of the molecule is C[C@@H](CC(O)Cc1ccccc1)[C@H]1CCCC(=O)N1CCCCCCc1nn[nH]n1. The highest BCUT2D eigenvalue weighted by Gasteiger charge is 2.32. The zero-order valence-electron chi connectivity index (χ0n) is 18.0. The summed E-state index contributed by atoms with van der Waals surface area (Å²) in [6.45, 7) is 3.01. The number of piperidine rings is 1. The van der Waals surface area contributed by atoms with E-state index in [9.17, 15) is 9.90 Å². The zero-order chi connectivity index (χ0) is 21.2. The molecule has 164 valence electrons. The number of nitrogens with one attached hydrogen (secondary N) is 1. The second-order valence-electron chi connectivity index (χ2n) is 8.60. The summed E-state index contributed by atoms with van der Waals surface area (Å²) < 4.78 is 0. The molecule has 0 spiro atoms. The number of H-pyrrole nitrogens is 1. The summed E-state index contributed by atoms with van der Waals surface area (Å²) in [5.74, 6) is 1.35. The molecular formula is C23H35N5O2. The van der Waals surface area contributed by atoms with Crippen LogP contribution in [-0.4, -0.2) is 55.2 Å². The van der Waals surface area contributed by atoms with Gasteiger partial charge in [-0.15, -0.1) is 10.2 Å². The van der Waals surface area contributed by atoms with Crippen LogP contribution in [0.5, 0.6) is 0 Å². The first kappa shape index (κ1) is 22.4. The third-order valence-electron chi connectivity index (χ3n) is 6.16. The highest BCUT2D eigenvalue weighted by Crippen LogP contribution is 2.28. The van der Waals surface area contributed by atoms with Crippen molar-refractivity contribution in [1.82, 2.24) is 25.5 Å². The first-order valence-corrected chi connectivity index (χ1v) is 11.4. The highest BCUT2D eigenvalue weighted by molar-refractivity contribution is 5.77. The number of aryl methyl sites for hydroxylation is 1. The van der Waals surface area contributed by atoms with Crippen molar-refractivity contribution in [3.63, 3.8) is 0 Å². The van der Waals surface area contributed by atoms with E-state index in [1.807, 2.05) is 18.2 Å². The average Bonchev–Trinajstić information content (AvgIpc) is 3.25. The summed E-state index contributed by atoms with van der Waals surface area (Å²) in [5, 5.41) is 24.6. The van der Waals surface area contributed by atoms with E-state index in [2.05, 4.69) is 44.6 Å². The molecule has 1 amide bonds. The van der Waals surface area contributed by atoms with Gasteiger partial charge in [-0.05, 0) is 50.0 Å². The number of aliphatic hydroxyl groups excluding tert-OH is 1. The van der Waals surface area contributed by atoms with Gasteiger partial charge >= 0.3 is 0 Å². The van der Waals surface area contributed by atoms with Crippen LogP contribution in [0.15, 0.2) is 30.3 Å². The van der Waals surface area contributed by atoms with Gasteiger partial charge in [-0.2, -0.15) is 5.21 Å². The number of carbonyl (C=O) groups is 1. The quantitative estimate of drug-likeness (QED) is 0.521. The van der Waals surface area contributed by atoms with E-state index in [4.69, 9.17) is 0 Å². The number of hydrogen-bond acceptors (Lipinski definition) is 5. The summed E-state index contributed by atoms with van der Waals surface area (Å²) >= 11 is 0. The second-order valence-corrected chi connectivity index (χ2v) is 8.60. The number of hydrogen-bond donors (Lipinski definition) is 2. The number of rotatable bonds is 12. The minimum Gasteiger partial charge on any atom is -0.393 e. The first-order valence-electron chi connectivity index (χ1n) is 11.4. The monoisotopic (exact) mass is 413 g/mol. The van der Waals surface area contributed by atoms with Crippen molar-refractivity contribution in [2.24, 2.45) is 5.92 Å². The molecule has 2 aromatic rings. The molecule has 1 aromatic carbocycles. The van der Waals surface area contributed by atoms with Gasteiger partial charge < -0.3 is 10.0 Å². The average molecular weight is 414 g/mol. The molecule has 1 aromatic heterocycles. The van der Waals surface area contributed by atoms with Gasteiger partial charge in [-0.1, -0.05) is 55.3 Å². The van der Waals surface area contributed by atoms with Crippen LogP contribution < -0.4 is 0 Å². The number of aromatic nitrogens is 4. The largest absolute Gasteiger partial charge is 0.393 e. The first-order chi connectivity index (χ1) is 14.6. The fraction of sp³-hybridized carbons (Fsp3) is 0.652. The summed E-state index contributed by atoms with van der Waals surface area (Å²) in [7, 11) is 0. The van der Waals surface area contributed by atoms with E-state index in [1.165, 1.54) is 0 Å². The van der Waals surface area contributed by atoms with Gasteiger partial charge in [0.2, 0.25) is 5.91 Å². The Morgan fingerprint density at radius 2 is 2.00 bits per heavy atom. The summed E-state index contributed by atoms with van der Waals surface area (Å²) in [5.41, 5.74) is 1.16. The van der Waals surface area contributed by atoms with Crippen molar-refractivity contribution in [3.8, 4) is 0 Å². The standard InChI is InChI=1S/C23H35N5O2/c1-18(16-20(29)17-19-10-5-4-6-11-19)21-12-9-14-23(30)28(21)15-8-3-2-7-13-22-24-26-27-25-22/h4-6,10-11,18,20-21,29H,2-3,7-9,12-17H2,1H3,(H,24,25,26,27)/t18-,20?,21+/m0/s1. The molecule has 0 aliphatic carbocycles. The molecule has 0 saturated carbocycles. The number of nitrogens with zero attached hydrogens (tertiary/aromatic N) is 4. The Morgan fingerprint density at radius 3 is 2.77 bits per heavy atom. The molecule has 0 radical (unpaired) electrons.